The fraction of sp³-hybridized carbons (Fsp3) is 0.286. The van der Waals surface area contributed by atoms with Crippen molar-refractivity contribution in [2.75, 3.05) is 7.05 Å². The first-order chi connectivity index (χ1) is 8.52. The third-order valence-corrected chi connectivity index (χ3v) is 4.26. The van der Waals surface area contributed by atoms with Crippen molar-refractivity contribution < 1.29 is 4.39 Å². The first-order valence-electron chi connectivity index (χ1n) is 5.72. The first kappa shape index (κ1) is 13.5. The molecule has 1 N–H and O–H groups in total. The van der Waals surface area contributed by atoms with Crippen molar-refractivity contribution in [1.29, 1.82) is 0 Å². The predicted molar refractivity (Wildman–Crippen MR) is 76.1 cm³/mol. The van der Waals surface area contributed by atoms with Crippen LogP contribution in [0.15, 0.2) is 24.3 Å². The lowest BCUT2D eigenvalue weighted by atomic mass is 10.00. The minimum absolute atomic E-state index is 0.0560. The fourth-order valence-corrected chi connectivity index (χ4v) is 3.30. The predicted octanol–water partition coefficient (Wildman–Crippen LogP) is 4.47. The molecule has 0 fully saturated rings. The van der Waals surface area contributed by atoms with Crippen LogP contribution in [0, 0.1) is 19.7 Å². The molecule has 0 bridgehead atoms. The quantitative estimate of drug-likeness (QED) is 0.876. The second kappa shape index (κ2) is 5.39. The van der Waals surface area contributed by atoms with Crippen molar-refractivity contribution in [3.63, 3.8) is 0 Å². The molecule has 18 heavy (non-hydrogen) atoms. The van der Waals surface area contributed by atoms with Gasteiger partial charge in [0.15, 0.2) is 0 Å². The molecule has 2 rings (SSSR count). The van der Waals surface area contributed by atoms with E-state index in [-0.39, 0.29) is 11.9 Å². The van der Waals surface area contributed by atoms with E-state index in [1.807, 2.05) is 31.3 Å². The third-order valence-electron chi connectivity index (χ3n) is 2.96. The highest BCUT2D eigenvalue weighted by atomic mass is 35.5. The first-order valence-corrected chi connectivity index (χ1v) is 6.91. The summed E-state index contributed by atoms with van der Waals surface area (Å²) in [5, 5.41) is 3.25. The van der Waals surface area contributed by atoms with Gasteiger partial charge in [-0.2, -0.15) is 0 Å². The van der Waals surface area contributed by atoms with Gasteiger partial charge in [0, 0.05) is 4.88 Å². The molecular weight excluding hydrogens is 269 g/mol. The molecule has 1 atom stereocenters. The van der Waals surface area contributed by atoms with E-state index >= 15 is 0 Å². The summed E-state index contributed by atoms with van der Waals surface area (Å²) in [4.78, 5) is 1.13. The molecule has 1 nitrogen and oxygen atoms in total. The van der Waals surface area contributed by atoms with Crippen LogP contribution in [0.1, 0.15) is 27.6 Å². The fourth-order valence-electron chi connectivity index (χ4n) is 2.10. The Kier molecular flexibility index (Phi) is 4.05. The number of thiophene rings is 1. The SMILES string of the molecule is CNC(c1cc(C)c(F)c(C)c1)c1ccc(Cl)s1. The molecule has 0 spiro atoms. The summed E-state index contributed by atoms with van der Waals surface area (Å²) >= 11 is 7.51. The third kappa shape index (κ3) is 2.58. The van der Waals surface area contributed by atoms with Gasteiger partial charge in [-0.1, -0.05) is 23.7 Å². The van der Waals surface area contributed by atoms with Crippen molar-refractivity contribution in [2.45, 2.75) is 19.9 Å². The molecule has 0 aliphatic rings. The van der Waals surface area contributed by atoms with Gasteiger partial charge in [-0.25, -0.2) is 4.39 Å². The minimum atomic E-state index is -0.127. The van der Waals surface area contributed by atoms with Crippen LogP contribution >= 0.6 is 22.9 Å². The molecule has 0 saturated heterocycles. The maximum atomic E-state index is 13.6. The van der Waals surface area contributed by atoms with Gasteiger partial charge in [0.25, 0.3) is 0 Å². The van der Waals surface area contributed by atoms with Gasteiger partial charge in [-0.05, 0) is 49.7 Å². The van der Waals surface area contributed by atoms with E-state index in [1.165, 1.54) is 0 Å². The van der Waals surface area contributed by atoms with Gasteiger partial charge in [0.2, 0.25) is 0 Å². The number of halogens is 2. The average molecular weight is 284 g/mol. The number of nitrogens with one attached hydrogen (secondary N) is 1. The van der Waals surface area contributed by atoms with Gasteiger partial charge in [0.05, 0.1) is 10.4 Å². The standard InChI is InChI=1S/C14H15ClFNS/c1-8-6-10(7-9(2)13(8)16)14(17-3)11-4-5-12(15)18-11/h4-7,14,17H,1-3H3. The maximum absolute atomic E-state index is 13.6. The molecule has 0 amide bonds. The van der Waals surface area contributed by atoms with E-state index in [0.29, 0.717) is 11.1 Å². The maximum Gasteiger partial charge on any atom is 0.129 e. The lowest BCUT2D eigenvalue weighted by molar-refractivity contribution is 0.605. The topological polar surface area (TPSA) is 12.0 Å². The van der Waals surface area contributed by atoms with Crippen LogP contribution < -0.4 is 5.32 Å². The van der Waals surface area contributed by atoms with Crippen LogP contribution in [0.5, 0.6) is 0 Å². The summed E-state index contributed by atoms with van der Waals surface area (Å²) in [6.45, 7) is 3.58. The summed E-state index contributed by atoms with van der Waals surface area (Å²) in [5.41, 5.74) is 2.41. The smallest absolute Gasteiger partial charge is 0.129 e. The monoisotopic (exact) mass is 283 g/mol. The molecule has 0 aliphatic carbocycles. The molecule has 2 aromatic rings. The number of benzene rings is 1. The Bertz CT molecular complexity index is 542. The highest BCUT2D eigenvalue weighted by Crippen LogP contribution is 2.32. The molecule has 1 heterocycles. The molecule has 1 aromatic heterocycles. The van der Waals surface area contributed by atoms with E-state index in [2.05, 4.69) is 5.32 Å². The Labute approximate surface area is 116 Å². The van der Waals surface area contributed by atoms with Crippen LogP contribution in [0.2, 0.25) is 4.34 Å². The van der Waals surface area contributed by atoms with Crippen LogP contribution in [-0.4, -0.2) is 7.05 Å². The molecule has 1 aromatic carbocycles. The Morgan fingerprint density at radius 2 is 1.83 bits per heavy atom. The number of hydrogen-bond acceptors (Lipinski definition) is 2. The van der Waals surface area contributed by atoms with Crippen molar-refractivity contribution in [1.82, 2.24) is 5.32 Å². The second-order valence-corrected chi connectivity index (χ2v) is 6.08. The minimum Gasteiger partial charge on any atom is -0.309 e. The molecule has 0 radical (unpaired) electrons. The number of aryl methyl sites for hydroxylation is 2. The zero-order valence-corrected chi connectivity index (χ0v) is 12.1. The van der Waals surface area contributed by atoms with E-state index in [0.717, 1.165) is 14.8 Å². The van der Waals surface area contributed by atoms with Gasteiger partial charge in [-0.15, -0.1) is 11.3 Å². The van der Waals surface area contributed by atoms with Crippen LogP contribution in [0.25, 0.3) is 0 Å². The zero-order chi connectivity index (χ0) is 13.3. The molecule has 1 unspecified atom stereocenters. The van der Waals surface area contributed by atoms with Crippen LogP contribution in [0.4, 0.5) is 4.39 Å². The largest absolute Gasteiger partial charge is 0.309 e. The summed E-state index contributed by atoms with van der Waals surface area (Å²) in [7, 11) is 1.90. The van der Waals surface area contributed by atoms with Gasteiger partial charge < -0.3 is 5.32 Å². The zero-order valence-electron chi connectivity index (χ0n) is 10.6. The molecule has 0 aliphatic heterocycles. The molecular formula is C14H15ClFNS. The summed E-state index contributed by atoms with van der Waals surface area (Å²) in [5.74, 6) is -0.127. The Hall–Kier alpha value is -0.900. The van der Waals surface area contributed by atoms with Crippen molar-refractivity contribution in [2.24, 2.45) is 0 Å². The summed E-state index contributed by atoms with van der Waals surface area (Å²) in [6.07, 6.45) is 0. The second-order valence-electron chi connectivity index (χ2n) is 4.33. The van der Waals surface area contributed by atoms with E-state index < -0.39 is 0 Å². The highest BCUT2D eigenvalue weighted by Gasteiger charge is 2.16. The van der Waals surface area contributed by atoms with Gasteiger partial charge in [-0.3, -0.25) is 0 Å². The normalized spacial score (nSPS) is 12.7. The van der Waals surface area contributed by atoms with Crippen molar-refractivity contribution in [3.05, 3.63) is 56.0 Å². The van der Waals surface area contributed by atoms with Gasteiger partial charge in [0.1, 0.15) is 5.82 Å². The van der Waals surface area contributed by atoms with E-state index in [9.17, 15) is 4.39 Å². The molecule has 96 valence electrons. The summed E-state index contributed by atoms with van der Waals surface area (Å²) in [6, 6.07) is 7.71. The molecule has 0 saturated carbocycles. The van der Waals surface area contributed by atoms with Gasteiger partial charge >= 0.3 is 0 Å². The van der Waals surface area contributed by atoms with E-state index in [4.69, 9.17) is 11.6 Å². The van der Waals surface area contributed by atoms with Crippen molar-refractivity contribution in [3.8, 4) is 0 Å². The number of hydrogen-bond donors (Lipinski definition) is 1. The average Bonchev–Trinajstić information content (AvgIpc) is 2.73. The Balaban J connectivity index is 2.45. The lowest BCUT2D eigenvalue weighted by Crippen LogP contribution is -2.17. The highest BCUT2D eigenvalue weighted by molar-refractivity contribution is 7.16. The van der Waals surface area contributed by atoms with E-state index in [1.54, 1.807) is 25.2 Å². The van der Waals surface area contributed by atoms with Crippen LogP contribution in [0.3, 0.4) is 0 Å². The van der Waals surface area contributed by atoms with Crippen molar-refractivity contribution >= 4 is 22.9 Å². The Morgan fingerprint density at radius 3 is 2.28 bits per heavy atom. The van der Waals surface area contributed by atoms with Crippen LogP contribution in [-0.2, 0) is 0 Å². The summed E-state index contributed by atoms with van der Waals surface area (Å²) < 4.78 is 14.4. The Morgan fingerprint density at radius 1 is 1.22 bits per heavy atom. The number of rotatable bonds is 3. The molecule has 4 heteroatoms. The lowest BCUT2D eigenvalue weighted by Gasteiger charge is -2.17.